The van der Waals surface area contributed by atoms with Crippen LogP contribution in [0.3, 0.4) is 0 Å². The van der Waals surface area contributed by atoms with Crippen LogP contribution in [0.15, 0.2) is 0 Å². The molecule has 1 N–H and O–H groups in total. The van der Waals surface area contributed by atoms with E-state index in [1.165, 1.54) is 0 Å². The Morgan fingerprint density at radius 1 is 1.47 bits per heavy atom. The Morgan fingerprint density at radius 3 is 2.71 bits per heavy atom. The molecule has 1 aliphatic rings. The van der Waals surface area contributed by atoms with Gasteiger partial charge in [-0.1, -0.05) is 20.3 Å². The summed E-state index contributed by atoms with van der Waals surface area (Å²) in [6.07, 6.45) is 4.57. The molecule has 2 atom stereocenters. The summed E-state index contributed by atoms with van der Waals surface area (Å²) in [5.74, 6) is 0.962. The summed E-state index contributed by atoms with van der Waals surface area (Å²) in [6.45, 7) is 4.31. The zero-order valence-corrected chi connectivity index (χ0v) is 11.7. The average molecular weight is 258 g/mol. The van der Waals surface area contributed by atoms with Crippen molar-refractivity contribution < 1.29 is 9.59 Å². The maximum atomic E-state index is 12.2. The van der Waals surface area contributed by atoms with Crippen LogP contribution < -0.4 is 5.32 Å². The van der Waals surface area contributed by atoms with Gasteiger partial charge >= 0.3 is 0 Å². The van der Waals surface area contributed by atoms with Crippen LogP contribution in [0.4, 0.5) is 0 Å². The maximum Gasteiger partial charge on any atom is 0.245 e. The Balaban J connectivity index is 2.75. The van der Waals surface area contributed by atoms with Crippen molar-refractivity contribution in [3.05, 3.63) is 0 Å². The lowest BCUT2D eigenvalue weighted by atomic mass is 10.1. The molecule has 0 aromatic carbocycles. The van der Waals surface area contributed by atoms with Gasteiger partial charge in [-0.15, -0.1) is 0 Å². The van der Waals surface area contributed by atoms with Gasteiger partial charge in [-0.05, 0) is 19.1 Å². The highest BCUT2D eigenvalue weighted by atomic mass is 32.2. The lowest BCUT2D eigenvalue weighted by Crippen LogP contribution is -2.60. The molecule has 98 valence electrons. The molecule has 1 aliphatic heterocycles. The van der Waals surface area contributed by atoms with Gasteiger partial charge in [0.25, 0.3) is 0 Å². The minimum atomic E-state index is -0.308. The predicted octanol–water partition coefficient (Wildman–Crippen LogP) is 1.26. The first kappa shape index (κ1) is 14.4. The van der Waals surface area contributed by atoms with E-state index in [1.807, 2.05) is 13.2 Å². The molecule has 5 heteroatoms. The highest BCUT2D eigenvalue weighted by molar-refractivity contribution is 7.98. The Hall–Kier alpha value is -0.710. The van der Waals surface area contributed by atoms with E-state index in [1.54, 1.807) is 16.7 Å². The second kappa shape index (κ2) is 6.89. The molecule has 0 radical (unpaired) electrons. The van der Waals surface area contributed by atoms with Crippen molar-refractivity contribution in [2.75, 3.05) is 18.6 Å². The number of rotatable bonds is 6. The molecule has 1 heterocycles. The molecule has 4 nitrogen and oxygen atoms in total. The molecule has 0 aliphatic carbocycles. The molecule has 2 unspecified atom stereocenters. The van der Waals surface area contributed by atoms with Crippen LogP contribution in [0, 0.1) is 0 Å². The topological polar surface area (TPSA) is 49.4 Å². The monoisotopic (exact) mass is 258 g/mol. The second-order valence-corrected chi connectivity index (χ2v) is 5.30. The molecule has 2 amide bonds. The van der Waals surface area contributed by atoms with Crippen molar-refractivity contribution in [2.45, 2.75) is 45.2 Å². The molecular weight excluding hydrogens is 236 g/mol. The highest BCUT2D eigenvalue weighted by Gasteiger charge is 2.35. The molecule has 1 fully saturated rings. The van der Waals surface area contributed by atoms with Crippen LogP contribution in [0.25, 0.3) is 0 Å². The number of thioether (sulfide) groups is 1. The van der Waals surface area contributed by atoms with Gasteiger partial charge < -0.3 is 10.2 Å². The number of piperazine rings is 1. The number of carbonyl (C=O) groups excluding carboxylic acids is 2. The summed E-state index contributed by atoms with van der Waals surface area (Å²) in [7, 11) is 0. The third-order valence-corrected chi connectivity index (χ3v) is 3.80. The maximum absolute atomic E-state index is 12.2. The molecular formula is C12H22N2O2S. The minimum Gasteiger partial charge on any atom is -0.343 e. The van der Waals surface area contributed by atoms with Crippen LogP contribution >= 0.6 is 11.8 Å². The lowest BCUT2D eigenvalue weighted by Gasteiger charge is -2.37. The van der Waals surface area contributed by atoms with Crippen LogP contribution in [0.2, 0.25) is 0 Å². The van der Waals surface area contributed by atoms with Gasteiger partial charge in [0.1, 0.15) is 6.04 Å². The lowest BCUT2D eigenvalue weighted by molar-refractivity contribution is -0.146. The molecule has 0 aromatic heterocycles. The fourth-order valence-electron chi connectivity index (χ4n) is 2.15. The third-order valence-electron chi connectivity index (χ3n) is 3.08. The van der Waals surface area contributed by atoms with Gasteiger partial charge in [-0.2, -0.15) is 11.8 Å². The zero-order chi connectivity index (χ0) is 12.8. The van der Waals surface area contributed by atoms with Crippen LogP contribution in [-0.2, 0) is 9.59 Å². The Morgan fingerprint density at radius 2 is 2.18 bits per heavy atom. The Labute approximate surface area is 108 Å². The van der Waals surface area contributed by atoms with Gasteiger partial charge in [0.2, 0.25) is 11.8 Å². The van der Waals surface area contributed by atoms with E-state index in [0.29, 0.717) is 0 Å². The summed E-state index contributed by atoms with van der Waals surface area (Å²) in [5.41, 5.74) is 0. The van der Waals surface area contributed by atoms with Crippen molar-refractivity contribution in [3.8, 4) is 0 Å². The van der Waals surface area contributed by atoms with Gasteiger partial charge in [-0.3, -0.25) is 9.59 Å². The van der Waals surface area contributed by atoms with Crippen molar-refractivity contribution in [2.24, 2.45) is 0 Å². The third kappa shape index (κ3) is 3.63. The van der Waals surface area contributed by atoms with Crippen molar-refractivity contribution >= 4 is 23.6 Å². The van der Waals surface area contributed by atoms with Crippen molar-refractivity contribution in [1.82, 2.24) is 10.2 Å². The molecule has 0 bridgehead atoms. The first-order chi connectivity index (χ1) is 8.13. The second-order valence-electron chi connectivity index (χ2n) is 4.39. The van der Waals surface area contributed by atoms with E-state index >= 15 is 0 Å². The number of hydrogen-bond acceptors (Lipinski definition) is 3. The number of amides is 2. The number of hydrogen-bond donors (Lipinski definition) is 1. The average Bonchev–Trinajstić information content (AvgIpc) is 2.31. The summed E-state index contributed by atoms with van der Waals surface area (Å²) in [4.78, 5) is 25.6. The Bertz CT molecular complexity index is 284. The highest BCUT2D eigenvalue weighted by Crippen LogP contribution is 2.16. The van der Waals surface area contributed by atoms with Crippen LogP contribution in [-0.4, -0.2) is 47.4 Å². The number of nitrogens with zero attached hydrogens (tertiary/aromatic N) is 1. The molecule has 0 saturated carbocycles. The summed E-state index contributed by atoms with van der Waals surface area (Å²) in [5, 5.41) is 2.78. The SMILES string of the molecule is CCCC1NC(=O)CN(C(CC)CSC)C1=O. The van der Waals surface area contributed by atoms with Crippen LogP contribution in [0.5, 0.6) is 0 Å². The van der Waals surface area contributed by atoms with Gasteiger partial charge in [0, 0.05) is 11.8 Å². The van der Waals surface area contributed by atoms with E-state index in [2.05, 4.69) is 12.2 Å². The predicted molar refractivity (Wildman–Crippen MR) is 71.0 cm³/mol. The fraction of sp³-hybridized carbons (Fsp3) is 0.833. The quantitative estimate of drug-likeness (QED) is 0.780. The summed E-state index contributed by atoms with van der Waals surface area (Å²) in [6, 6.07) is -0.125. The molecule has 1 rings (SSSR count). The fourth-order valence-corrected chi connectivity index (χ4v) is 2.95. The van der Waals surface area contributed by atoms with Crippen molar-refractivity contribution in [1.29, 1.82) is 0 Å². The normalized spacial score (nSPS) is 22.5. The van der Waals surface area contributed by atoms with Gasteiger partial charge in [-0.25, -0.2) is 0 Å². The molecule has 1 saturated heterocycles. The van der Waals surface area contributed by atoms with E-state index in [9.17, 15) is 9.59 Å². The van der Waals surface area contributed by atoms with Crippen molar-refractivity contribution in [3.63, 3.8) is 0 Å². The van der Waals surface area contributed by atoms with Crippen LogP contribution in [0.1, 0.15) is 33.1 Å². The zero-order valence-electron chi connectivity index (χ0n) is 10.9. The van der Waals surface area contributed by atoms with Gasteiger partial charge in [0.05, 0.1) is 6.54 Å². The van der Waals surface area contributed by atoms with Gasteiger partial charge in [0.15, 0.2) is 0 Å². The number of nitrogens with one attached hydrogen (secondary N) is 1. The standard InChI is InChI=1S/C12H22N2O2S/c1-4-6-10-12(16)14(7-11(15)13-10)9(5-2)8-17-3/h9-10H,4-8H2,1-3H3,(H,13,15). The molecule has 0 aromatic rings. The first-order valence-corrected chi connectivity index (χ1v) is 7.62. The van der Waals surface area contributed by atoms with E-state index in [4.69, 9.17) is 0 Å². The summed E-state index contributed by atoms with van der Waals surface area (Å²) >= 11 is 1.72. The van der Waals surface area contributed by atoms with E-state index in [-0.39, 0.29) is 30.4 Å². The largest absolute Gasteiger partial charge is 0.343 e. The number of carbonyl (C=O) groups is 2. The smallest absolute Gasteiger partial charge is 0.245 e. The summed E-state index contributed by atoms with van der Waals surface area (Å²) < 4.78 is 0. The van der Waals surface area contributed by atoms with E-state index in [0.717, 1.165) is 25.0 Å². The minimum absolute atomic E-state index is 0.0254. The Kier molecular flexibility index (Phi) is 5.82. The molecule has 0 spiro atoms. The first-order valence-electron chi connectivity index (χ1n) is 6.22. The molecule has 17 heavy (non-hydrogen) atoms. The van der Waals surface area contributed by atoms with E-state index < -0.39 is 0 Å².